The van der Waals surface area contributed by atoms with Gasteiger partial charge in [-0.25, -0.2) is 18.1 Å². The zero-order chi connectivity index (χ0) is 18.4. The molecule has 0 aliphatic heterocycles. The van der Waals surface area contributed by atoms with Gasteiger partial charge in [-0.1, -0.05) is 12.1 Å². The standard InChI is InChI=1S/C16H19N3O4S2/c1-11-10-24-16(19-11)9-17-15(21)7-8-18-25(22,23)14-5-3-13(4-6-14)12(2)20/h3-6,10,18H,7-9H2,1-2H3,(H,17,21). The molecule has 0 saturated heterocycles. The smallest absolute Gasteiger partial charge is 0.240 e. The van der Waals surface area contributed by atoms with Crippen molar-refractivity contribution in [3.05, 3.63) is 45.9 Å². The molecule has 2 rings (SSSR count). The van der Waals surface area contributed by atoms with E-state index in [0.717, 1.165) is 10.7 Å². The highest BCUT2D eigenvalue weighted by molar-refractivity contribution is 7.89. The average molecular weight is 381 g/mol. The van der Waals surface area contributed by atoms with Gasteiger partial charge in [0.2, 0.25) is 15.9 Å². The molecule has 9 heteroatoms. The predicted molar refractivity (Wildman–Crippen MR) is 94.9 cm³/mol. The third-order valence-corrected chi connectivity index (χ3v) is 5.76. The van der Waals surface area contributed by atoms with Crippen LogP contribution in [0, 0.1) is 6.92 Å². The van der Waals surface area contributed by atoms with Crippen molar-refractivity contribution >= 4 is 33.1 Å². The Morgan fingerprint density at radius 1 is 1.20 bits per heavy atom. The monoisotopic (exact) mass is 381 g/mol. The first-order valence-electron chi connectivity index (χ1n) is 7.56. The van der Waals surface area contributed by atoms with Crippen LogP contribution < -0.4 is 10.0 Å². The van der Waals surface area contributed by atoms with Gasteiger partial charge in [0.05, 0.1) is 11.4 Å². The van der Waals surface area contributed by atoms with E-state index < -0.39 is 10.0 Å². The lowest BCUT2D eigenvalue weighted by molar-refractivity contribution is -0.121. The van der Waals surface area contributed by atoms with Gasteiger partial charge in [0.1, 0.15) is 5.01 Å². The van der Waals surface area contributed by atoms with E-state index in [4.69, 9.17) is 0 Å². The molecule has 0 aliphatic rings. The minimum Gasteiger partial charge on any atom is -0.350 e. The van der Waals surface area contributed by atoms with Gasteiger partial charge in [-0.2, -0.15) is 0 Å². The van der Waals surface area contributed by atoms with Crippen molar-refractivity contribution in [3.8, 4) is 0 Å². The summed E-state index contributed by atoms with van der Waals surface area (Å²) in [4.78, 5) is 27.2. The maximum Gasteiger partial charge on any atom is 0.240 e. The van der Waals surface area contributed by atoms with Crippen LogP contribution in [0.3, 0.4) is 0 Å². The summed E-state index contributed by atoms with van der Waals surface area (Å²) >= 11 is 1.46. The fourth-order valence-electron chi connectivity index (χ4n) is 2.00. The maximum atomic E-state index is 12.1. The summed E-state index contributed by atoms with van der Waals surface area (Å²) in [5.41, 5.74) is 1.34. The number of carbonyl (C=O) groups is 2. The number of hydrogen-bond acceptors (Lipinski definition) is 6. The zero-order valence-corrected chi connectivity index (χ0v) is 15.5. The van der Waals surface area contributed by atoms with Crippen molar-refractivity contribution in [2.75, 3.05) is 6.54 Å². The summed E-state index contributed by atoms with van der Waals surface area (Å²) in [6, 6.07) is 5.65. The second kappa shape index (κ2) is 8.32. The molecular weight excluding hydrogens is 362 g/mol. The predicted octanol–water partition coefficient (Wildman–Crippen LogP) is 1.64. The van der Waals surface area contributed by atoms with Gasteiger partial charge in [-0.05, 0) is 26.0 Å². The fraction of sp³-hybridized carbons (Fsp3) is 0.312. The van der Waals surface area contributed by atoms with E-state index >= 15 is 0 Å². The molecule has 0 radical (unpaired) electrons. The van der Waals surface area contributed by atoms with Crippen LogP contribution in [-0.2, 0) is 21.4 Å². The Hall–Kier alpha value is -2.10. The quantitative estimate of drug-likeness (QED) is 0.676. The molecule has 0 aliphatic carbocycles. The third kappa shape index (κ3) is 5.73. The van der Waals surface area contributed by atoms with E-state index in [-0.39, 0.29) is 29.6 Å². The van der Waals surface area contributed by atoms with Crippen LogP contribution in [0.2, 0.25) is 0 Å². The Labute approximate surface area is 150 Å². The van der Waals surface area contributed by atoms with Crippen molar-refractivity contribution in [1.82, 2.24) is 15.0 Å². The van der Waals surface area contributed by atoms with Gasteiger partial charge < -0.3 is 5.32 Å². The summed E-state index contributed by atoms with van der Waals surface area (Å²) in [7, 11) is -3.71. The third-order valence-electron chi connectivity index (χ3n) is 3.32. The number of ketones is 1. The van der Waals surface area contributed by atoms with Crippen LogP contribution in [-0.4, -0.2) is 31.6 Å². The van der Waals surface area contributed by atoms with E-state index in [1.165, 1.54) is 42.5 Å². The fourth-order valence-corrected chi connectivity index (χ4v) is 3.74. The first kappa shape index (κ1) is 19.2. The van der Waals surface area contributed by atoms with Crippen molar-refractivity contribution in [2.24, 2.45) is 0 Å². The molecule has 0 fully saturated rings. The first-order chi connectivity index (χ1) is 11.8. The Bertz CT molecular complexity index is 858. The van der Waals surface area contributed by atoms with Gasteiger partial charge in [-0.15, -0.1) is 11.3 Å². The number of sulfonamides is 1. The number of Topliss-reactive ketones (excluding diaryl/α,β-unsaturated/α-hetero) is 1. The van der Waals surface area contributed by atoms with E-state index in [2.05, 4.69) is 15.0 Å². The van der Waals surface area contributed by atoms with Crippen molar-refractivity contribution in [2.45, 2.75) is 31.7 Å². The number of nitrogens with zero attached hydrogens (tertiary/aromatic N) is 1. The molecule has 0 atom stereocenters. The molecule has 0 unspecified atom stereocenters. The normalized spacial score (nSPS) is 11.3. The Balaban J connectivity index is 1.81. The molecule has 1 amide bonds. The summed E-state index contributed by atoms with van der Waals surface area (Å²) < 4.78 is 26.7. The van der Waals surface area contributed by atoms with Gasteiger partial charge >= 0.3 is 0 Å². The lowest BCUT2D eigenvalue weighted by Crippen LogP contribution is -2.30. The zero-order valence-electron chi connectivity index (χ0n) is 13.9. The van der Waals surface area contributed by atoms with Crippen LogP contribution in [0.25, 0.3) is 0 Å². The summed E-state index contributed by atoms with van der Waals surface area (Å²) in [6.45, 7) is 3.60. The van der Waals surface area contributed by atoms with Crippen LogP contribution >= 0.6 is 11.3 Å². The van der Waals surface area contributed by atoms with Crippen molar-refractivity contribution in [3.63, 3.8) is 0 Å². The molecule has 7 nitrogen and oxygen atoms in total. The van der Waals surface area contributed by atoms with Crippen molar-refractivity contribution in [1.29, 1.82) is 0 Å². The summed E-state index contributed by atoms with van der Waals surface area (Å²) in [5, 5.41) is 5.39. The molecule has 2 N–H and O–H groups in total. The van der Waals surface area contributed by atoms with E-state index in [1.54, 1.807) is 0 Å². The van der Waals surface area contributed by atoms with Gasteiger partial charge in [0.15, 0.2) is 5.78 Å². The van der Waals surface area contributed by atoms with Crippen LogP contribution in [0.4, 0.5) is 0 Å². The minimum atomic E-state index is -3.71. The number of nitrogens with one attached hydrogen (secondary N) is 2. The average Bonchev–Trinajstić information content (AvgIpc) is 2.98. The minimum absolute atomic E-state index is 0.0144. The van der Waals surface area contributed by atoms with Crippen LogP contribution in [0.1, 0.15) is 34.4 Å². The second-order valence-electron chi connectivity index (χ2n) is 5.39. The number of benzene rings is 1. The first-order valence-corrected chi connectivity index (χ1v) is 9.92. The molecule has 0 spiro atoms. The Morgan fingerprint density at radius 3 is 2.44 bits per heavy atom. The number of rotatable bonds is 8. The molecule has 1 heterocycles. The van der Waals surface area contributed by atoms with Gasteiger partial charge in [0.25, 0.3) is 0 Å². The second-order valence-corrected chi connectivity index (χ2v) is 8.10. The van der Waals surface area contributed by atoms with Gasteiger partial charge in [-0.3, -0.25) is 9.59 Å². The lowest BCUT2D eigenvalue weighted by atomic mass is 10.2. The molecule has 0 saturated carbocycles. The highest BCUT2D eigenvalue weighted by atomic mass is 32.2. The highest BCUT2D eigenvalue weighted by Crippen LogP contribution is 2.11. The Morgan fingerprint density at radius 2 is 1.88 bits per heavy atom. The molecule has 1 aromatic heterocycles. The van der Waals surface area contributed by atoms with E-state index in [9.17, 15) is 18.0 Å². The summed E-state index contributed by atoms with van der Waals surface area (Å²) in [6.07, 6.45) is 0.0229. The lowest BCUT2D eigenvalue weighted by Gasteiger charge is -2.07. The summed E-state index contributed by atoms with van der Waals surface area (Å²) in [5.74, 6) is -0.397. The highest BCUT2D eigenvalue weighted by Gasteiger charge is 2.14. The van der Waals surface area contributed by atoms with Crippen LogP contribution in [0.15, 0.2) is 34.5 Å². The Kier molecular flexibility index (Phi) is 6.40. The molecule has 2 aromatic rings. The number of hydrogen-bond donors (Lipinski definition) is 2. The maximum absolute atomic E-state index is 12.1. The topological polar surface area (TPSA) is 105 Å². The number of thiazole rings is 1. The van der Waals surface area contributed by atoms with Crippen LogP contribution in [0.5, 0.6) is 0 Å². The van der Waals surface area contributed by atoms with E-state index in [0.29, 0.717) is 12.1 Å². The number of aromatic nitrogens is 1. The molecule has 134 valence electrons. The number of aryl methyl sites for hydroxylation is 1. The molecular formula is C16H19N3O4S2. The van der Waals surface area contributed by atoms with Gasteiger partial charge in [0, 0.05) is 29.6 Å². The number of amides is 1. The molecule has 25 heavy (non-hydrogen) atoms. The largest absolute Gasteiger partial charge is 0.350 e. The number of carbonyl (C=O) groups excluding carboxylic acids is 2. The molecule has 0 bridgehead atoms. The molecule has 1 aromatic carbocycles. The van der Waals surface area contributed by atoms with E-state index in [1.807, 2.05) is 12.3 Å². The SMILES string of the molecule is CC(=O)c1ccc(S(=O)(=O)NCCC(=O)NCc2nc(C)cs2)cc1. The van der Waals surface area contributed by atoms with Crippen molar-refractivity contribution < 1.29 is 18.0 Å².